The zero-order valence-electron chi connectivity index (χ0n) is 9.33. The molecule has 1 atom stereocenters. The first-order chi connectivity index (χ1) is 7.93. The monoisotopic (exact) mass is 240 g/mol. The number of aryl methyl sites for hydroxylation is 1. The number of carboxylic acid groups (broad SMARTS) is 2. The highest BCUT2D eigenvalue weighted by atomic mass is 16.4. The van der Waals surface area contributed by atoms with Gasteiger partial charge in [-0.15, -0.1) is 0 Å². The van der Waals surface area contributed by atoms with E-state index in [9.17, 15) is 9.59 Å². The SMILES string of the molecule is Cc1cc(CO)c[n+](C(CC(=O)O)C(=O)O)c1. The standard InChI is InChI=1S/C11H13NO5/c1-7-2-8(6-13)5-12(4-7)9(11(16)17)3-10(14)15/h2,4-5,9,13H,3,6H2,1H3,(H-,14,15,16,17)/p+1. The molecule has 0 radical (unpaired) electrons. The van der Waals surface area contributed by atoms with Gasteiger partial charge in [-0.2, -0.15) is 4.57 Å². The minimum absolute atomic E-state index is 0.221. The van der Waals surface area contributed by atoms with E-state index in [0.29, 0.717) is 5.56 Å². The number of aliphatic hydroxyl groups is 1. The van der Waals surface area contributed by atoms with Gasteiger partial charge in [-0.3, -0.25) is 4.79 Å². The average molecular weight is 240 g/mol. The van der Waals surface area contributed by atoms with Crippen LogP contribution in [0.1, 0.15) is 23.6 Å². The highest BCUT2D eigenvalue weighted by Gasteiger charge is 2.30. The Kier molecular flexibility index (Phi) is 4.17. The van der Waals surface area contributed by atoms with Crippen molar-refractivity contribution in [3.05, 3.63) is 29.6 Å². The van der Waals surface area contributed by atoms with Crippen LogP contribution in [0.15, 0.2) is 18.5 Å². The maximum Gasteiger partial charge on any atom is 0.374 e. The first-order valence-corrected chi connectivity index (χ1v) is 5.01. The lowest BCUT2D eigenvalue weighted by molar-refractivity contribution is -0.710. The maximum atomic E-state index is 11.0. The van der Waals surface area contributed by atoms with Crippen molar-refractivity contribution in [1.82, 2.24) is 0 Å². The van der Waals surface area contributed by atoms with Crippen LogP contribution in [0.3, 0.4) is 0 Å². The number of carbonyl (C=O) groups is 2. The van der Waals surface area contributed by atoms with Crippen LogP contribution in [0, 0.1) is 6.92 Å². The van der Waals surface area contributed by atoms with Crippen LogP contribution in [0.25, 0.3) is 0 Å². The Morgan fingerprint density at radius 1 is 1.35 bits per heavy atom. The van der Waals surface area contributed by atoms with Crippen molar-refractivity contribution < 1.29 is 29.5 Å². The van der Waals surface area contributed by atoms with Crippen molar-refractivity contribution in [3.63, 3.8) is 0 Å². The molecule has 0 bridgehead atoms. The molecule has 0 fully saturated rings. The molecule has 0 aliphatic carbocycles. The lowest BCUT2D eigenvalue weighted by atomic mass is 10.1. The average Bonchev–Trinajstić information content (AvgIpc) is 2.24. The maximum absolute atomic E-state index is 11.0. The van der Waals surface area contributed by atoms with Crippen LogP contribution in [0.5, 0.6) is 0 Å². The number of carboxylic acids is 2. The van der Waals surface area contributed by atoms with Gasteiger partial charge >= 0.3 is 11.9 Å². The minimum atomic E-state index is -1.22. The molecule has 0 spiro atoms. The Morgan fingerprint density at radius 3 is 2.47 bits per heavy atom. The van der Waals surface area contributed by atoms with Gasteiger partial charge in [0, 0.05) is 11.1 Å². The third-order valence-corrected chi connectivity index (χ3v) is 2.28. The number of pyridine rings is 1. The van der Waals surface area contributed by atoms with Crippen molar-refractivity contribution in [2.24, 2.45) is 0 Å². The molecule has 0 amide bonds. The molecule has 1 rings (SSSR count). The number of hydrogen-bond acceptors (Lipinski definition) is 3. The second kappa shape index (κ2) is 5.40. The van der Waals surface area contributed by atoms with Crippen molar-refractivity contribution in [1.29, 1.82) is 0 Å². The third kappa shape index (κ3) is 3.53. The van der Waals surface area contributed by atoms with E-state index in [1.165, 1.54) is 10.8 Å². The second-order valence-corrected chi connectivity index (χ2v) is 3.78. The van der Waals surface area contributed by atoms with Gasteiger partial charge < -0.3 is 15.3 Å². The van der Waals surface area contributed by atoms with Gasteiger partial charge in [-0.05, 0) is 13.0 Å². The van der Waals surface area contributed by atoms with Gasteiger partial charge in [0.15, 0.2) is 12.4 Å². The van der Waals surface area contributed by atoms with Gasteiger partial charge in [0.2, 0.25) is 0 Å². The summed E-state index contributed by atoms with van der Waals surface area (Å²) in [6.07, 6.45) is 2.48. The fourth-order valence-corrected chi connectivity index (χ4v) is 1.58. The third-order valence-electron chi connectivity index (χ3n) is 2.28. The summed E-state index contributed by atoms with van der Waals surface area (Å²) >= 11 is 0. The first-order valence-electron chi connectivity index (χ1n) is 5.01. The highest BCUT2D eigenvalue weighted by Crippen LogP contribution is 2.07. The van der Waals surface area contributed by atoms with E-state index in [2.05, 4.69) is 0 Å². The minimum Gasteiger partial charge on any atom is -0.481 e. The molecule has 6 heteroatoms. The first kappa shape index (κ1) is 13.1. The molecule has 92 valence electrons. The van der Waals surface area contributed by atoms with Crippen molar-refractivity contribution >= 4 is 11.9 Å². The van der Waals surface area contributed by atoms with Crippen molar-refractivity contribution in [2.75, 3.05) is 0 Å². The summed E-state index contributed by atoms with van der Waals surface area (Å²) in [6.45, 7) is 1.52. The molecule has 0 aliphatic heterocycles. The molecule has 1 aromatic rings. The predicted octanol–water partition coefficient (Wildman–Crippen LogP) is -0.125. The Hall–Kier alpha value is -1.95. The predicted molar refractivity (Wildman–Crippen MR) is 56.2 cm³/mol. The van der Waals surface area contributed by atoms with Crippen molar-refractivity contribution in [3.8, 4) is 0 Å². The summed E-state index contributed by atoms with van der Waals surface area (Å²) in [4.78, 5) is 21.6. The Labute approximate surface area is 97.8 Å². The van der Waals surface area contributed by atoms with E-state index in [1.807, 2.05) is 0 Å². The van der Waals surface area contributed by atoms with Gasteiger partial charge in [0.25, 0.3) is 6.04 Å². The molecule has 1 aromatic heterocycles. The van der Waals surface area contributed by atoms with Crippen LogP contribution >= 0.6 is 0 Å². The van der Waals surface area contributed by atoms with Crippen LogP contribution < -0.4 is 4.57 Å². The number of nitrogens with zero attached hydrogens (tertiary/aromatic N) is 1. The normalized spacial score (nSPS) is 12.1. The van der Waals surface area contributed by atoms with E-state index in [1.54, 1.807) is 19.2 Å². The highest BCUT2D eigenvalue weighted by molar-refractivity contribution is 5.77. The number of hydrogen-bond donors (Lipinski definition) is 3. The summed E-state index contributed by atoms with van der Waals surface area (Å²) in [7, 11) is 0. The zero-order chi connectivity index (χ0) is 13.0. The molecule has 0 saturated carbocycles. The fourth-order valence-electron chi connectivity index (χ4n) is 1.58. The Morgan fingerprint density at radius 2 is 2.00 bits per heavy atom. The largest absolute Gasteiger partial charge is 0.481 e. The van der Waals surface area contributed by atoms with Crippen LogP contribution in [0.2, 0.25) is 0 Å². The molecule has 17 heavy (non-hydrogen) atoms. The van der Waals surface area contributed by atoms with Crippen molar-refractivity contribution in [2.45, 2.75) is 26.0 Å². The van der Waals surface area contributed by atoms with E-state index in [-0.39, 0.29) is 6.61 Å². The lowest BCUT2D eigenvalue weighted by Gasteiger charge is -2.07. The van der Waals surface area contributed by atoms with E-state index < -0.39 is 24.4 Å². The number of aliphatic hydroxyl groups excluding tert-OH is 1. The van der Waals surface area contributed by atoms with E-state index in [0.717, 1.165) is 5.56 Å². The smallest absolute Gasteiger partial charge is 0.374 e. The van der Waals surface area contributed by atoms with Gasteiger partial charge in [0.05, 0.1) is 6.61 Å². The van der Waals surface area contributed by atoms with E-state index in [4.69, 9.17) is 15.3 Å². The Bertz CT molecular complexity index is 443. The van der Waals surface area contributed by atoms with Gasteiger partial charge in [-0.1, -0.05) is 0 Å². The quantitative estimate of drug-likeness (QED) is 0.623. The van der Waals surface area contributed by atoms with Gasteiger partial charge in [0.1, 0.15) is 6.42 Å². The second-order valence-electron chi connectivity index (χ2n) is 3.78. The molecule has 1 unspecified atom stereocenters. The number of aromatic nitrogens is 1. The van der Waals surface area contributed by atoms with Crippen LogP contribution in [0.4, 0.5) is 0 Å². The lowest BCUT2D eigenvalue weighted by Crippen LogP contribution is -2.45. The number of aliphatic carboxylic acids is 2. The molecule has 0 aliphatic rings. The summed E-state index contributed by atoms with van der Waals surface area (Å²) in [5.41, 5.74) is 1.30. The fraction of sp³-hybridized carbons (Fsp3) is 0.364. The summed E-state index contributed by atoms with van der Waals surface area (Å²) in [5, 5.41) is 26.7. The molecule has 6 nitrogen and oxygen atoms in total. The molecular weight excluding hydrogens is 226 g/mol. The molecule has 1 heterocycles. The summed E-state index contributed by atoms with van der Waals surface area (Å²) in [5.74, 6) is -2.40. The topological polar surface area (TPSA) is 98.7 Å². The molecular formula is C11H14NO5+. The molecule has 0 saturated heterocycles. The van der Waals surface area contributed by atoms with E-state index >= 15 is 0 Å². The summed E-state index contributed by atoms with van der Waals surface area (Å²) < 4.78 is 1.30. The summed E-state index contributed by atoms with van der Waals surface area (Å²) in [6, 6.07) is 0.536. The van der Waals surface area contributed by atoms with Crippen LogP contribution in [-0.4, -0.2) is 27.3 Å². The molecule has 0 aromatic carbocycles. The molecule has 3 N–H and O–H groups in total. The Balaban J connectivity index is 3.13. The zero-order valence-corrected chi connectivity index (χ0v) is 9.33. The van der Waals surface area contributed by atoms with Gasteiger partial charge in [-0.25, -0.2) is 4.79 Å². The number of rotatable bonds is 5. The van der Waals surface area contributed by atoms with Crippen LogP contribution in [-0.2, 0) is 16.2 Å².